The summed E-state index contributed by atoms with van der Waals surface area (Å²) in [5.41, 5.74) is 5.80. The van der Waals surface area contributed by atoms with E-state index in [0.717, 1.165) is 0 Å². The molecule has 13 heavy (non-hydrogen) atoms. The zero-order chi connectivity index (χ0) is 9.26. The summed E-state index contributed by atoms with van der Waals surface area (Å²) in [6.45, 7) is 0.621. The summed E-state index contributed by atoms with van der Waals surface area (Å²) in [5, 5.41) is 0. The maximum atomic E-state index is 11.2. The standard InChI is InChI=1S/C10H17NO2/c11-9(8-3-4-8)5-10(12)13-6-7-1-2-7/h7-9H,1-6,11H2. The van der Waals surface area contributed by atoms with E-state index in [-0.39, 0.29) is 12.0 Å². The van der Waals surface area contributed by atoms with Gasteiger partial charge in [0.25, 0.3) is 0 Å². The summed E-state index contributed by atoms with van der Waals surface area (Å²) in [6.07, 6.45) is 5.25. The highest BCUT2D eigenvalue weighted by Gasteiger charge is 2.30. The quantitative estimate of drug-likeness (QED) is 0.648. The summed E-state index contributed by atoms with van der Waals surface area (Å²) in [6, 6.07) is 0.0479. The molecule has 0 aliphatic heterocycles. The highest BCUT2D eigenvalue weighted by atomic mass is 16.5. The van der Waals surface area contributed by atoms with E-state index in [1.807, 2.05) is 0 Å². The minimum atomic E-state index is -0.105. The van der Waals surface area contributed by atoms with Crippen molar-refractivity contribution in [3.05, 3.63) is 0 Å². The van der Waals surface area contributed by atoms with Gasteiger partial charge in [-0.1, -0.05) is 0 Å². The Morgan fingerprint density at radius 1 is 1.38 bits per heavy atom. The molecule has 3 heteroatoms. The van der Waals surface area contributed by atoms with E-state index in [1.165, 1.54) is 25.7 Å². The lowest BCUT2D eigenvalue weighted by atomic mass is 10.1. The van der Waals surface area contributed by atoms with Crippen molar-refractivity contribution >= 4 is 5.97 Å². The minimum Gasteiger partial charge on any atom is -0.465 e. The first-order valence-electron chi connectivity index (χ1n) is 5.17. The van der Waals surface area contributed by atoms with Crippen LogP contribution in [0.2, 0.25) is 0 Å². The van der Waals surface area contributed by atoms with Gasteiger partial charge < -0.3 is 10.5 Å². The van der Waals surface area contributed by atoms with Gasteiger partial charge in [-0.15, -0.1) is 0 Å². The number of ether oxygens (including phenoxy) is 1. The molecule has 1 atom stereocenters. The molecule has 74 valence electrons. The number of carbonyl (C=O) groups is 1. The maximum absolute atomic E-state index is 11.2. The smallest absolute Gasteiger partial charge is 0.307 e. The van der Waals surface area contributed by atoms with Crippen molar-refractivity contribution < 1.29 is 9.53 Å². The maximum Gasteiger partial charge on any atom is 0.307 e. The van der Waals surface area contributed by atoms with Crippen molar-refractivity contribution in [2.45, 2.75) is 38.1 Å². The van der Waals surface area contributed by atoms with Gasteiger partial charge in [0.15, 0.2) is 0 Å². The number of hydrogen-bond donors (Lipinski definition) is 1. The van der Waals surface area contributed by atoms with Gasteiger partial charge in [0.05, 0.1) is 13.0 Å². The molecule has 0 spiro atoms. The van der Waals surface area contributed by atoms with Gasteiger partial charge >= 0.3 is 5.97 Å². The molecule has 0 aromatic rings. The second-order valence-corrected chi connectivity index (χ2v) is 4.33. The van der Waals surface area contributed by atoms with Gasteiger partial charge in [0, 0.05) is 6.04 Å². The second-order valence-electron chi connectivity index (χ2n) is 4.33. The number of nitrogens with two attached hydrogens (primary N) is 1. The van der Waals surface area contributed by atoms with Crippen LogP contribution in [0.4, 0.5) is 0 Å². The van der Waals surface area contributed by atoms with Crippen LogP contribution in [0.15, 0.2) is 0 Å². The zero-order valence-corrected chi connectivity index (χ0v) is 7.87. The average molecular weight is 183 g/mol. The Morgan fingerprint density at radius 2 is 2.08 bits per heavy atom. The van der Waals surface area contributed by atoms with E-state index in [2.05, 4.69) is 0 Å². The number of hydrogen-bond acceptors (Lipinski definition) is 3. The lowest BCUT2D eigenvalue weighted by molar-refractivity contribution is -0.144. The molecule has 0 saturated heterocycles. The van der Waals surface area contributed by atoms with Crippen LogP contribution in [-0.4, -0.2) is 18.6 Å². The fourth-order valence-corrected chi connectivity index (χ4v) is 1.44. The van der Waals surface area contributed by atoms with Crippen molar-refractivity contribution in [2.75, 3.05) is 6.61 Å². The van der Waals surface area contributed by atoms with E-state index < -0.39 is 0 Å². The van der Waals surface area contributed by atoms with Crippen LogP contribution in [0.5, 0.6) is 0 Å². The highest BCUT2D eigenvalue weighted by molar-refractivity contribution is 5.70. The average Bonchev–Trinajstić information content (AvgIpc) is 2.93. The largest absolute Gasteiger partial charge is 0.465 e. The van der Waals surface area contributed by atoms with Gasteiger partial charge in [0.2, 0.25) is 0 Å². The molecule has 0 bridgehead atoms. The predicted molar refractivity (Wildman–Crippen MR) is 49.0 cm³/mol. The third kappa shape index (κ3) is 2.99. The van der Waals surface area contributed by atoms with E-state index in [0.29, 0.717) is 24.9 Å². The summed E-state index contributed by atoms with van der Waals surface area (Å²) in [5.74, 6) is 1.14. The Labute approximate surface area is 78.6 Å². The van der Waals surface area contributed by atoms with Crippen molar-refractivity contribution in [1.29, 1.82) is 0 Å². The Kier molecular flexibility index (Phi) is 2.54. The van der Waals surface area contributed by atoms with Crippen molar-refractivity contribution in [3.8, 4) is 0 Å². The molecule has 0 aromatic heterocycles. The summed E-state index contributed by atoms with van der Waals surface area (Å²) in [4.78, 5) is 11.2. The molecule has 2 aliphatic carbocycles. The van der Waals surface area contributed by atoms with Crippen LogP contribution in [0.3, 0.4) is 0 Å². The first-order chi connectivity index (χ1) is 6.25. The fourth-order valence-electron chi connectivity index (χ4n) is 1.44. The molecule has 0 amide bonds. The van der Waals surface area contributed by atoms with Crippen LogP contribution >= 0.6 is 0 Å². The van der Waals surface area contributed by atoms with Gasteiger partial charge in [-0.25, -0.2) is 0 Å². The van der Waals surface area contributed by atoms with E-state index >= 15 is 0 Å². The third-order valence-corrected chi connectivity index (χ3v) is 2.81. The molecule has 0 heterocycles. The van der Waals surface area contributed by atoms with Crippen molar-refractivity contribution in [1.82, 2.24) is 0 Å². The molecule has 0 radical (unpaired) electrons. The number of rotatable bonds is 5. The molecule has 2 aliphatic rings. The highest BCUT2D eigenvalue weighted by Crippen LogP contribution is 2.33. The van der Waals surface area contributed by atoms with Crippen molar-refractivity contribution in [3.63, 3.8) is 0 Å². The van der Waals surface area contributed by atoms with E-state index in [1.54, 1.807) is 0 Å². The van der Waals surface area contributed by atoms with Crippen LogP contribution < -0.4 is 5.73 Å². The lowest BCUT2D eigenvalue weighted by Gasteiger charge is -2.09. The monoisotopic (exact) mass is 183 g/mol. The summed E-state index contributed by atoms with van der Waals surface area (Å²) in [7, 11) is 0. The SMILES string of the molecule is NC(CC(=O)OCC1CC1)C1CC1. The normalized spacial score (nSPS) is 24.1. The Balaban J connectivity index is 1.58. The van der Waals surface area contributed by atoms with Gasteiger partial charge in [-0.05, 0) is 37.5 Å². The molecular formula is C10H17NO2. The first kappa shape index (κ1) is 9.00. The molecule has 2 N–H and O–H groups in total. The van der Waals surface area contributed by atoms with Gasteiger partial charge in [0.1, 0.15) is 0 Å². The van der Waals surface area contributed by atoms with Gasteiger partial charge in [-0.2, -0.15) is 0 Å². The van der Waals surface area contributed by atoms with Crippen LogP contribution in [-0.2, 0) is 9.53 Å². The van der Waals surface area contributed by atoms with E-state index in [9.17, 15) is 4.79 Å². The Bertz CT molecular complexity index is 197. The Morgan fingerprint density at radius 3 is 2.62 bits per heavy atom. The Hall–Kier alpha value is -0.570. The third-order valence-electron chi connectivity index (χ3n) is 2.81. The fraction of sp³-hybridized carbons (Fsp3) is 0.900. The first-order valence-corrected chi connectivity index (χ1v) is 5.17. The molecule has 2 fully saturated rings. The van der Waals surface area contributed by atoms with Crippen molar-refractivity contribution in [2.24, 2.45) is 17.6 Å². The predicted octanol–water partition coefficient (Wildman–Crippen LogP) is 1.07. The molecule has 0 aromatic carbocycles. The van der Waals surface area contributed by atoms with Crippen LogP contribution in [0.1, 0.15) is 32.1 Å². The van der Waals surface area contributed by atoms with Crippen LogP contribution in [0.25, 0.3) is 0 Å². The number of carbonyl (C=O) groups excluding carboxylic acids is 1. The summed E-state index contributed by atoms with van der Waals surface area (Å²) < 4.78 is 5.10. The zero-order valence-electron chi connectivity index (χ0n) is 7.87. The topological polar surface area (TPSA) is 52.3 Å². The molecule has 1 unspecified atom stereocenters. The van der Waals surface area contributed by atoms with Gasteiger partial charge in [-0.3, -0.25) is 4.79 Å². The molecule has 2 saturated carbocycles. The number of esters is 1. The molecular weight excluding hydrogens is 166 g/mol. The summed E-state index contributed by atoms with van der Waals surface area (Å²) >= 11 is 0. The van der Waals surface area contributed by atoms with E-state index in [4.69, 9.17) is 10.5 Å². The minimum absolute atomic E-state index is 0.0479. The second kappa shape index (κ2) is 3.66. The molecule has 3 nitrogen and oxygen atoms in total. The van der Waals surface area contributed by atoms with Crippen LogP contribution in [0, 0.1) is 11.8 Å². The molecule has 2 rings (SSSR count). The lowest BCUT2D eigenvalue weighted by Crippen LogP contribution is -2.27.